The van der Waals surface area contributed by atoms with Gasteiger partial charge in [-0.05, 0) is 31.7 Å². The fourth-order valence-corrected chi connectivity index (χ4v) is 3.30. The Kier molecular flexibility index (Phi) is 12.3. The summed E-state index contributed by atoms with van der Waals surface area (Å²) in [6, 6.07) is -0.0552. The lowest BCUT2D eigenvalue weighted by atomic mass is 10.1. The van der Waals surface area contributed by atoms with Crippen molar-refractivity contribution in [1.29, 1.82) is 0 Å². The Morgan fingerprint density at radius 3 is 2.00 bits per heavy atom. The van der Waals surface area contributed by atoms with E-state index in [-0.39, 0.29) is 18.0 Å². The van der Waals surface area contributed by atoms with Crippen LogP contribution in [0.4, 0.5) is 11.4 Å². The van der Waals surface area contributed by atoms with E-state index in [1.807, 2.05) is 13.8 Å². The monoisotopic (exact) mass is 423 g/mol. The van der Waals surface area contributed by atoms with E-state index in [9.17, 15) is 14.4 Å². The van der Waals surface area contributed by atoms with Gasteiger partial charge in [0.15, 0.2) is 0 Å². The molecular weight excluding hydrogens is 382 g/mol. The molecule has 0 heterocycles. The van der Waals surface area contributed by atoms with Gasteiger partial charge in [-0.25, -0.2) is 0 Å². The third-order valence-corrected chi connectivity index (χ3v) is 4.94. The van der Waals surface area contributed by atoms with Crippen molar-refractivity contribution in [1.82, 2.24) is 10.6 Å². The second kappa shape index (κ2) is 14.1. The van der Waals surface area contributed by atoms with Crippen LogP contribution in [0.15, 0.2) is 9.59 Å². The van der Waals surface area contributed by atoms with Gasteiger partial charge in [-0.3, -0.25) is 14.4 Å². The molecule has 0 bridgehead atoms. The second-order valence-corrected chi connectivity index (χ2v) is 8.60. The van der Waals surface area contributed by atoms with Crippen LogP contribution in [-0.2, 0) is 4.79 Å². The smallest absolute Gasteiger partial charge is 0.253 e. The van der Waals surface area contributed by atoms with Gasteiger partial charge in [0.1, 0.15) is 11.4 Å². The van der Waals surface area contributed by atoms with Crippen LogP contribution in [0.1, 0.15) is 66.2 Å². The first-order valence-electron chi connectivity index (χ1n) is 11.3. The number of nitrogens with two attached hydrogens (primary N) is 1. The molecule has 1 aromatic rings. The SMILES string of the molecule is CC(C)CCCCNc1c(NCCNC(=O)[C@@H](CCCCN)NC(C)C)c(=O)c1=O. The number of hydrogen-bond donors (Lipinski definition) is 5. The number of anilines is 2. The number of nitrogens with one attached hydrogen (secondary N) is 4. The molecule has 1 rings (SSSR count). The molecule has 6 N–H and O–H groups in total. The molecule has 0 unspecified atom stereocenters. The van der Waals surface area contributed by atoms with Crippen molar-refractivity contribution in [2.45, 2.75) is 78.3 Å². The molecule has 1 aromatic carbocycles. The maximum Gasteiger partial charge on any atom is 0.253 e. The average molecular weight is 424 g/mol. The van der Waals surface area contributed by atoms with Gasteiger partial charge in [-0.1, -0.05) is 47.0 Å². The Morgan fingerprint density at radius 2 is 1.43 bits per heavy atom. The van der Waals surface area contributed by atoms with Gasteiger partial charge in [-0.2, -0.15) is 0 Å². The van der Waals surface area contributed by atoms with Crippen LogP contribution >= 0.6 is 0 Å². The summed E-state index contributed by atoms with van der Waals surface area (Å²) in [7, 11) is 0. The van der Waals surface area contributed by atoms with Crippen LogP contribution in [0.5, 0.6) is 0 Å². The fraction of sp³-hybridized carbons (Fsp3) is 0.773. The summed E-state index contributed by atoms with van der Waals surface area (Å²) in [5, 5.41) is 12.2. The van der Waals surface area contributed by atoms with Gasteiger partial charge in [0.25, 0.3) is 10.9 Å². The zero-order chi connectivity index (χ0) is 22.5. The lowest BCUT2D eigenvalue weighted by molar-refractivity contribution is -0.123. The van der Waals surface area contributed by atoms with Gasteiger partial charge < -0.3 is 27.0 Å². The standard InChI is InChI=1S/C22H41N5O3/c1-15(2)9-6-8-12-24-18-19(21(29)20(18)28)25-13-14-26-22(30)17(27-16(3)4)10-5-7-11-23/h15-17,24-25,27H,5-14,23H2,1-4H3,(H,26,30)/t17-/m1/s1. The minimum Gasteiger partial charge on any atom is -0.380 e. The summed E-state index contributed by atoms with van der Waals surface area (Å²) in [5.74, 6) is 0.607. The summed E-state index contributed by atoms with van der Waals surface area (Å²) in [6.07, 6.45) is 5.71. The Hall–Kier alpha value is -1.93. The summed E-state index contributed by atoms with van der Waals surface area (Å²) in [4.78, 5) is 36.1. The molecule has 0 saturated heterocycles. The molecule has 0 spiro atoms. The maximum absolute atomic E-state index is 12.5. The molecule has 172 valence electrons. The molecule has 8 heteroatoms. The molecule has 0 saturated carbocycles. The van der Waals surface area contributed by atoms with Crippen LogP contribution in [0, 0.1) is 5.92 Å². The highest BCUT2D eigenvalue weighted by atomic mass is 16.2. The molecule has 0 aromatic heterocycles. The molecule has 1 amide bonds. The van der Waals surface area contributed by atoms with Gasteiger partial charge in [0.2, 0.25) is 5.91 Å². The van der Waals surface area contributed by atoms with Crippen LogP contribution in [-0.4, -0.2) is 44.2 Å². The number of amides is 1. The molecule has 0 aliphatic rings. The topological polar surface area (TPSA) is 125 Å². The van der Waals surface area contributed by atoms with E-state index < -0.39 is 10.9 Å². The highest BCUT2D eigenvalue weighted by Crippen LogP contribution is 2.14. The molecule has 0 aliphatic heterocycles. The van der Waals surface area contributed by atoms with Crippen LogP contribution < -0.4 is 37.9 Å². The van der Waals surface area contributed by atoms with Gasteiger partial charge >= 0.3 is 0 Å². The van der Waals surface area contributed by atoms with E-state index >= 15 is 0 Å². The van der Waals surface area contributed by atoms with Crippen molar-refractivity contribution >= 4 is 17.3 Å². The zero-order valence-electron chi connectivity index (χ0n) is 19.1. The third kappa shape index (κ3) is 9.26. The van der Waals surface area contributed by atoms with Gasteiger partial charge in [0, 0.05) is 25.7 Å². The first-order valence-corrected chi connectivity index (χ1v) is 11.3. The van der Waals surface area contributed by atoms with Crippen molar-refractivity contribution in [2.75, 3.05) is 36.8 Å². The quantitative estimate of drug-likeness (QED) is 0.190. The summed E-state index contributed by atoms with van der Waals surface area (Å²) in [6.45, 7) is 10.4. The van der Waals surface area contributed by atoms with Crippen LogP contribution in [0.25, 0.3) is 0 Å². The Morgan fingerprint density at radius 1 is 0.833 bits per heavy atom. The summed E-state index contributed by atoms with van der Waals surface area (Å²) in [5.41, 5.74) is 5.28. The Bertz CT molecular complexity index is 695. The van der Waals surface area contributed by atoms with E-state index in [2.05, 4.69) is 35.1 Å². The van der Waals surface area contributed by atoms with Crippen molar-refractivity contribution in [3.63, 3.8) is 0 Å². The van der Waals surface area contributed by atoms with Crippen molar-refractivity contribution in [2.24, 2.45) is 11.7 Å². The Balaban J connectivity index is 2.40. The van der Waals surface area contributed by atoms with Crippen LogP contribution in [0.3, 0.4) is 0 Å². The number of carbonyl (C=O) groups excluding carboxylic acids is 1. The number of carbonyl (C=O) groups is 1. The summed E-state index contributed by atoms with van der Waals surface area (Å²) >= 11 is 0. The molecule has 0 radical (unpaired) electrons. The second-order valence-electron chi connectivity index (χ2n) is 8.60. The van der Waals surface area contributed by atoms with Crippen LogP contribution in [0.2, 0.25) is 0 Å². The lowest BCUT2D eigenvalue weighted by Crippen LogP contribution is -2.48. The van der Waals surface area contributed by atoms with E-state index in [0.717, 1.165) is 38.5 Å². The Labute approximate surface area is 180 Å². The predicted octanol–water partition coefficient (Wildman–Crippen LogP) is 1.54. The zero-order valence-corrected chi connectivity index (χ0v) is 19.1. The van der Waals surface area contributed by atoms with E-state index in [1.54, 1.807) is 0 Å². The molecule has 0 fully saturated rings. The molecule has 30 heavy (non-hydrogen) atoms. The normalized spacial score (nSPS) is 12.5. The molecule has 8 nitrogen and oxygen atoms in total. The van der Waals surface area contributed by atoms with E-state index in [1.165, 1.54) is 0 Å². The predicted molar refractivity (Wildman–Crippen MR) is 125 cm³/mol. The molecule has 0 aliphatic carbocycles. The van der Waals surface area contributed by atoms with Crippen molar-refractivity contribution in [3.05, 3.63) is 20.4 Å². The minimum atomic E-state index is -0.493. The fourth-order valence-electron chi connectivity index (χ4n) is 3.30. The van der Waals surface area contributed by atoms with E-state index in [0.29, 0.717) is 43.5 Å². The molecule has 1 atom stereocenters. The van der Waals surface area contributed by atoms with Crippen molar-refractivity contribution < 1.29 is 4.79 Å². The molecular formula is C22H41N5O3. The third-order valence-electron chi connectivity index (χ3n) is 4.94. The number of hydrogen-bond acceptors (Lipinski definition) is 7. The summed E-state index contributed by atoms with van der Waals surface area (Å²) < 4.78 is 0. The highest BCUT2D eigenvalue weighted by molar-refractivity contribution is 5.81. The first kappa shape index (κ1) is 26.1. The minimum absolute atomic E-state index is 0.0592. The maximum atomic E-state index is 12.5. The number of rotatable bonds is 17. The largest absolute Gasteiger partial charge is 0.380 e. The highest BCUT2D eigenvalue weighted by Gasteiger charge is 2.21. The van der Waals surface area contributed by atoms with Gasteiger partial charge in [0.05, 0.1) is 6.04 Å². The first-order chi connectivity index (χ1) is 14.3. The van der Waals surface area contributed by atoms with E-state index in [4.69, 9.17) is 5.73 Å². The van der Waals surface area contributed by atoms with Crippen molar-refractivity contribution in [3.8, 4) is 0 Å². The lowest BCUT2D eigenvalue weighted by Gasteiger charge is -2.21. The number of unbranched alkanes of at least 4 members (excludes halogenated alkanes) is 2. The average Bonchev–Trinajstić information content (AvgIpc) is 2.69. The van der Waals surface area contributed by atoms with Gasteiger partial charge in [-0.15, -0.1) is 0 Å².